The van der Waals surface area contributed by atoms with Gasteiger partial charge in [0.15, 0.2) is 0 Å². The number of nitrogens with zero attached hydrogens (tertiary/aromatic N) is 1. The molecule has 1 aromatic rings. The summed E-state index contributed by atoms with van der Waals surface area (Å²) in [5.74, 6) is 0.0741. The molecular weight excluding hydrogens is 359 g/mol. The van der Waals surface area contributed by atoms with Crippen molar-refractivity contribution in [2.45, 2.75) is 19.4 Å². The van der Waals surface area contributed by atoms with Crippen molar-refractivity contribution in [2.75, 3.05) is 25.9 Å². The number of rotatable bonds is 5. The smallest absolute Gasteiger partial charge is 0.208 e. The Balaban J connectivity index is 1.90. The minimum absolute atomic E-state index is 0.257. The summed E-state index contributed by atoms with van der Waals surface area (Å²) in [5.41, 5.74) is 1.06. The van der Waals surface area contributed by atoms with Crippen molar-refractivity contribution in [1.29, 1.82) is 0 Å². The van der Waals surface area contributed by atoms with Crippen LogP contribution in [0.1, 0.15) is 18.4 Å². The Labute approximate surface area is 133 Å². The molecule has 1 aromatic carbocycles. The number of sulfonamides is 1. The first kappa shape index (κ1) is 16.9. The van der Waals surface area contributed by atoms with E-state index in [9.17, 15) is 12.8 Å². The molecule has 0 aliphatic carbocycles. The van der Waals surface area contributed by atoms with Crippen LogP contribution in [-0.4, -0.2) is 39.2 Å². The van der Waals surface area contributed by atoms with E-state index in [1.807, 2.05) is 0 Å². The molecule has 0 unspecified atom stereocenters. The predicted octanol–water partition coefficient (Wildman–Crippen LogP) is 2.35. The van der Waals surface area contributed by atoms with Gasteiger partial charge in [-0.3, -0.25) is 4.90 Å². The summed E-state index contributed by atoms with van der Waals surface area (Å²) in [6.07, 6.45) is 3.27. The molecule has 1 aliphatic heterocycles. The highest BCUT2D eigenvalue weighted by Gasteiger charge is 2.21. The lowest BCUT2D eigenvalue weighted by Gasteiger charge is -2.32. The van der Waals surface area contributed by atoms with Crippen LogP contribution in [0.3, 0.4) is 0 Å². The lowest BCUT2D eigenvalue weighted by Crippen LogP contribution is -2.40. The maximum absolute atomic E-state index is 13.2. The monoisotopic (exact) mass is 378 g/mol. The first-order valence-electron chi connectivity index (χ1n) is 6.94. The van der Waals surface area contributed by atoms with Crippen LogP contribution < -0.4 is 4.72 Å². The second kappa shape index (κ2) is 7.17. The molecule has 0 saturated carbocycles. The number of halogens is 2. The maximum atomic E-state index is 13.2. The molecule has 0 spiro atoms. The van der Waals surface area contributed by atoms with Crippen LogP contribution in [0.2, 0.25) is 0 Å². The lowest BCUT2D eigenvalue weighted by molar-refractivity contribution is 0.169. The third kappa shape index (κ3) is 5.65. The quantitative estimate of drug-likeness (QED) is 0.855. The number of hydrogen-bond acceptors (Lipinski definition) is 3. The zero-order chi connectivity index (χ0) is 15.5. The van der Waals surface area contributed by atoms with Crippen LogP contribution >= 0.6 is 15.9 Å². The van der Waals surface area contributed by atoms with Crippen molar-refractivity contribution in [3.05, 3.63) is 34.1 Å². The van der Waals surface area contributed by atoms with E-state index in [0.717, 1.165) is 38.0 Å². The molecule has 118 valence electrons. The normalized spacial score (nSPS) is 20.6. The zero-order valence-electron chi connectivity index (χ0n) is 12.0. The van der Waals surface area contributed by atoms with Crippen molar-refractivity contribution in [3.63, 3.8) is 0 Å². The topological polar surface area (TPSA) is 49.4 Å². The third-order valence-corrected chi connectivity index (χ3v) is 4.93. The summed E-state index contributed by atoms with van der Waals surface area (Å²) in [6, 6.07) is 5.05. The molecule has 1 heterocycles. The van der Waals surface area contributed by atoms with Crippen LogP contribution in [-0.2, 0) is 16.6 Å². The van der Waals surface area contributed by atoms with Crippen LogP contribution in [0, 0.1) is 11.7 Å². The third-order valence-electron chi connectivity index (χ3n) is 3.63. The van der Waals surface area contributed by atoms with Crippen LogP contribution in [0.25, 0.3) is 0 Å². The fourth-order valence-electron chi connectivity index (χ4n) is 2.63. The van der Waals surface area contributed by atoms with Gasteiger partial charge in [0.2, 0.25) is 10.0 Å². The van der Waals surface area contributed by atoms with Gasteiger partial charge in [-0.15, -0.1) is 0 Å². The average Bonchev–Trinajstić information content (AvgIpc) is 2.40. The SMILES string of the molecule is CS(=O)(=O)NC[C@@H]1CCCN(Cc2ccc(F)c(Br)c2)C1. The summed E-state index contributed by atoms with van der Waals surface area (Å²) < 4.78 is 38.6. The molecule has 0 bridgehead atoms. The Morgan fingerprint density at radius 3 is 2.90 bits per heavy atom. The van der Waals surface area contributed by atoms with Crippen molar-refractivity contribution in [3.8, 4) is 0 Å². The van der Waals surface area contributed by atoms with E-state index in [-0.39, 0.29) is 5.82 Å². The Morgan fingerprint density at radius 2 is 2.24 bits per heavy atom. The summed E-state index contributed by atoms with van der Waals surface area (Å²) in [6.45, 7) is 3.10. The Bertz CT molecular complexity index is 595. The van der Waals surface area contributed by atoms with Gasteiger partial charge in [-0.2, -0.15) is 0 Å². The molecule has 0 amide bonds. The minimum Gasteiger partial charge on any atom is -0.299 e. The van der Waals surface area contributed by atoms with Crippen molar-refractivity contribution < 1.29 is 12.8 Å². The van der Waals surface area contributed by atoms with Crippen molar-refractivity contribution in [1.82, 2.24) is 9.62 Å². The van der Waals surface area contributed by atoms with E-state index in [1.165, 1.54) is 12.3 Å². The van der Waals surface area contributed by atoms with Crippen LogP contribution in [0.15, 0.2) is 22.7 Å². The van der Waals surface area contributed by atoms with E-state index in [0.29, 0.717) is 16.9 Å². The highest BCUT2D eigenvalue weighted by Crippen LogP contribution is 2.21. The minimum atomic E-state index is -3.13. The molecule has 4 nitrogen and oxygen atoms in total. The molecule has 7 heteroatoms. The van der Waals surface area contributed by atoms with Gasteiger partial charge in [-0.05, 0) is 58.9 Å². The van der Waals surface area contributed by atoms with E-state index < -0.39 is 10.0 Å². The van der Waals surface area contributed by atoms with Crippen LogP contribution in [0.5, 0.6) is 0 Å². The van der Waals surface area contributed by atoms with Gasteiger partial charge < -0.3 is 0 Å². The van der Waals surface area contributed by atoms with E-state index in [1.54, 1.807) is 12.1 Å². The molecule has 0 radical (unpaired) electrons. The summed E-state index contributed by atoms with van der Waals surface area (Å²) >= 11 is 3.20. The van der Waals surface area contributed by atoms with Gasteiger partial charge in [0, 0.05) is 19.6 Å². The Morgan fingerprint density at radius 1 is 1.48 bits per heavy atom. The number of benzene rings is 1. The molecule has 1 atom stereocenters. The maximum Gasteiger partial charge on any atom is 0.208 e. The molecule has 1 fully saturated rings. The fourth-order valence-corrected chi connectivity index (χ4v) is 3.59. The summed E-state index contributed by atoms with van der Waals surface area (Å²) in [7, 11) is -3.13. The highest BCUT2D eigenvalue weighted by atomic mass is 79.9. The molecule has 0 aromatic heterocycles. The van der Waals surface area contributed by atoms with Gasteiger partial charge in [0.25, 0.3) is 0 Å². The van der Waals surface area contributed by atoms with Gasteiger partial charge in [-0.1, -0.05) is 6.07 Å². The molecular formula is C14H20BrFN2O2S. The number of likely N-dealkylation sites (tertiary alicyclic amines) is 1. The lowest BCUT2D eigenvalue weighted by atomic mass is 9.98. The fraction of sp³-hybridized carbons (Fsp3) is 0.571. The van der Waals surface area contributed by atoms with Gasteiger partial charge >= 0.3 is 0 Å². The molecule has 2 rings (SSSR count). The molecule has 1 N–H and O–H groups in total. The first-order chi connectivity index (χ1) is 9.83. The van der Waals surface area contributed by atoms with E-state index >= 15 is 0 Å². The number of hydrogen-bond donors (Lipinski definition) is 1. The van der Waals surface area contributed by atoms with Gasteiger partial charge in [-0.25, -0.2) is 17.5 Å². The summed E-state index contributed by atoms with van der Waals surface area (Å²) in [5, 5.41) is 0. The predicted molar refractivity (Wildman–Crippen MR) is 84.9 cm³/mol. The standard InChI is InChI=1S/C14H20BrFN2O2S/c1-21(19,20)17-8-12-3-2-6-18(10-12)9-11-4-5-14(16)13(15)7-11/h4-5,7,12,17H,2-3,6,8-10H2,1H3/t12-/m0/s1. The second-order valence-electron chi connectivity index (χ2n) is 5.61. The highest BCUT2D eigenvalue weighted by molar-refractivity contribution is 9.10. The van der Waals surface area contributed by atoms with E-state index in [2.05, 4.69) is 25.6 Å². The Kier molecular flexibility index (Phi) is 5.76. The van der Waals surface area contributed by atoms with Crippen molar-refractivity contribution >= 4 is 26.0 Å². The van der Waals surface area contributed by atoms with Crippen LogP contribution in [0.4, 0.5) is 4.39 Å². The van der Waals surface area contributed by atoms with Gasteiger partial charge in [0.05, 0.1) is 10.7 Å². The molecule has 1 saturated heterocycles. The second-order valence-corrected chi connectivity index (χ2v) is 8.30. The first-order valence-corrected chi connectivity index (χ1v) is 9.63. The number of piperidine rings is 1. The number of nitrogens with one attached hydrogen (secondary N) is 1. The zero-order valence-corrected chi connectivity index (χ0v) is 14.4. The van der Waals surface area contributed by atoms with Crippen molar-refractivity contribution in [2.24, 2.45) is 5.92 Å². The largest absolute Gasteiger partial charge is 0.299 e. The Hall–Kier alpha value is -0.500. The molecule has 1 aliphatic rings. The van der Waals surface area contributed by atoms with Gasteiger partial charge in [0.1, 0.15) is 5.82 Å². The summed E-state index contributed by atoms with van der Waals surface area (Å²) in [4.78, 5) is 2.29. The van der Waals surface area contributed by atoms with E-state index in [4.69, 9.17) is 0 Å². The molecule has 21 heavy (non-hydrogen) atoms. The average molecular weight is 379 g/mol.